The lowest BCUT2D eigenvalue weighted by molar-refractivity contribution is -0.123. The van der Waals surface area contributed by atoms with E-state index in [1.807, 2.05) is 19.1 Å². The molecule has 0 aliphatic heterocycles. The minimum Gasteiger partial charge on any atom is -0.504 e. The molecule has 2 aromatic rings. The van der Waals surface area contributed by atoms with Crippen LogP contribution in [0.3, 0.4) is 0 Å². The van der Waals surface area contributed by atoms with Crippen LogP contribution in [0.5, 0.6) is 17.2 Å². The molecule has 2 rings (SSSR count). The minimum absolute atomic E-state index is 0.0348. The summed E-state index contributed by atoms with van der Waals surface area (Å²) in [6.07, 6.45) is 1.45. The summed E-state index contributed by atoms with van der Waals surface area (Å²) in [4.78, 5) is 11.8. The average molecular weight is 472 g/mol. The Hall–Kier alpha value is -2.06. The van der Waals surface area contributed by atoms with Crippen LogP contribution in [0.1, 0.15) is 11.1 Å². The van der Waals surface area contributed by atoms with Crippen molar-refractivity contribution in [3.05, 3.63) is 50.4 Å². The van der Waals surface area contributed by atoms with E-state index in [1.165, 1.54) is 19.4 Å². The lowest BCUT2D eigenvalue weighted by Crippen LogP contribution is -2.24. The number of aromatic hydroxyl groups is 1. The van der Waals surface area contributed by atoms with Crippen molar-refractivity contribution in [2.45, 2.75) is 6.92 Å². The van der Waals surface area contributed by atoms with Crippen molar-refractivity contribution < 1.29 is 19.4 Å². The molecule has 2 aromatic carbocycles. The Balaban J connectivity index is 1.91. The number of hydrogen-bond acceptors (Lipinski definition) is 5. The number of hydrazone groups is 1. The number of halogens is 2. The number of nitrogens with zero attached hydrogens (tertiary/aromatic N) is 1. The van der Waals surface area contributed by atoms with Crippen molar-refractivity contribution in [3.8, 4) is 17.2 Å². The number of ether oxygens (including phenoxy) is 2. The molecular formula is C17H16Br2N2O4. The van der Waals surface area contributed by atoms with Crippen molar-refractivity contribution in [1.82, 2.24) is 5.43 Å². The topological polar surface area (TPSA) is 80.2 Å². The van der Waals surface area contributed by atoms with E-state index in [-0.39, 0.29) is 12.4 Å². The second-order valence-electron chi connectivity index (χ2n) is 5.05. The fourth-order valence-corrected chi connectivity index (χ4v) is 3.55. The second kappa shape index (κ2) is 8.87. The molecule has 0 unspecified atom stereocenters. The Morgan fingerprint density at radius 2 is 2.08 bits per heavy atom. The maximum absolute atomic E-state index is 11.8. The molecule has 0 radical (unpaired) electrons. The maximum Gasteiger partial charge on any atom is 0.277 e. The minimum atomic E-state index is -0.392. The van der Waals surface area contributed by atoms with Crippen LogP contribution in [-0.4, -0.2) is 30.9 Å². The molecule has 0 aliphatic carbocycles. The van der Waals surface area contributed by atoms with Crippen LogP contribution in [0.15, 0.2) is 44.4 Å². The summed E-state index contributed by atoms with van der Waals surface area (Å²) >= 11 is 6.79. The number of hydrogen-bond donors (Lipinski definition) is 2. The predicted octanol–water partition coefficient (Wildman–Crippen LogP) is 3.76. The standard InChI is InChI=1S/C17H16Br2N2O4/c1-10-5-12(18)7-13(19)17(10)25-9-16(23)21-20-8-11-3-4-14(22)15(6-11)24-2/h3-8,22H,9H2,1-2H3,(H,21,23)/b20-8+. The number of carbonyl (C=O) groups is 1. The van der Waals surface area contributed by atoms with Crippen LogP contribution < -0.4 is 14.9 Å². The summed E-state index contributed by atoms with van der Waals surface area (Å²) in [7, 11) is 1.46. The molecule has 132 valence electrons. The van der Waals surface area contributed by atoms with E-state index in [1.54, 1.807) is 12.1 Å². The summed E-state index contributed by atoms with van der Waals surface area (Å²) in [5.74, 6) is 0.573. The third-order valence-corrected chi connectivity index (χ3v) is 4.20. The van der Waals surface area contributed by atoms with Crippen LogP contribution in [-0.2, 0) is 4.79 Å². The average Bonchev–Trinajstić information content (AvgIpc) is 2.55. The Bertz CT molecular complexity index is 786. The van der Waals surface area contributed by atoms with Crippen molar-refractivity contribution in [3.63, 3.8) is 0 Å². The van der Waals surface area contributed by atoms with Gasteiger partial charge in [-0.2, -0.15) is 5.10 Å². The highest BCUT2D eigenvalue weighted by molar-refractivity contribution is 9.11. The fraction of sp³-hybridized carbons (Fsp3) is 0.176. The van der Waals surface area contributed by atoms with E-state index < -0.39 is 5.91 Å². The Kier molecular flexibility index (Phi) is 6.83. The first-order chi connectivity index (χ1) is 11.9. The van der Waals surface area contributed by atoms with Gasteiger partial charge >= 0.3 is 0 Å². The monoisotopic (exact) mass is 470 g/mol. The predicted molar refractivity (Wildman–Crippen MR) is 102 cm³/mol. The van der Waals surface area contributed by atoms with E-state index in [9.17, 15) is 9.90 Å². The molecule has 6 nitrogen and oxygen atoms in total. The smallest absolute Gasteiger partial charge is 0.277 e. The Morgan fingerprint density at radius 1 is 1.32 bits per heavy atom. The summed E-state index contributed by atoms with van der Waals surface area (Å²) in [5.41, 5.74) is 3.95. The van der Waals surface area contributed by atoms with E-state index >= 15 is 0 Å². The van der Waals surface area contributed by atoms with Gasteiger partial charge in [-0.1, -0.05) is 15.9 Å². The highest BCUT2D eigenvalue weighted by Crippen LogP contribution is 2.32. The zero-order chi connectivity index (χ0) is 18.4. The SMILES string of the molecule is COc1cc(/C=N/NC(=O)COc2c(C)cc(Br)cc2Br)ccc1O. The Labute approximate surface area is 162 Å². The van der Waals surface area contributed by atoms with Crippen molar-refractivity contribution >= 4 is 44.0 Å². The van der Waals surface area contributed by atoms with Gasteiger partial charge in [-0.15, -0.1) is 0 Å². The van der Waals surface area contributed by atoms with Gasteiger partial charge in [0.1, 0.15) is 5.75 Å². The molecule has 0 saturated carbocycles. The van der Waals surface area contributed by atoms with E-state index in [4.69, 9.17) is 9.47 Å². The largest absolute Gasteiger partial charge is 0.504 e. The summed E-state index contributed by atoms with van der Waals surface area (Å²) in [5, 5.41) is 13.4. The van der Waals surface area contributed by atoms with Crippen LogP contribution in [0.2, 0.25) is 0 Å². The normalized spacial score (nSPS) is 10.7. The fourth-order valence-electron chi connectivity index (χ4n) is 2.00. The third-order valence-electron chi connectivity index (χ3n) is 3.15. The lowest BCUT2D eigenvalue weighted by Gasteiger charge is -2.10. The van der Waals surface area contributed by atoms with Gasteiger partial charge < -0.3 is 14.6 Å². The highest BCUT2D eigenvalue weighted by Gasteiger charge is 2.09. The van der Waals surface area contributed by atoms with Gasteiger partial charge in [-0.3, -0.25) is 4.79 Å². The van der Waals surface area contributed by atoms with Crippen molar-refractivity contribution in [2.24, 2.45) is 5.10 Å². The van der Waals surface area contributed by atoms with Crippen molar-refractivity contribution in [2.75, 3.05) is 13.7 Å². The van der Waals surface area contributed by atoms with Gasteiger partial charge in [0.2, 0.25) is 0 Å². The van der Waals surface area contributed by atoms with E-state index in [2.05, 4.69) is 42.4 Å². The molecule has 0 spiro atoms. The van der Waals surface area contributed by atoms with Crippen LogP contribution >= 0.6 is 31.9 Å². The summed E-state index contributed by atoms with van der Waals surface area (Å²) in [6.45, 7) is 1.72. The second-order valence-corrected chi connectivity index (χ2v) is 6.82. The number of phenolic OH excluding ortho intramolecular Hbond substituents is 1. The van der Waals surface area contributed by atoms with Crippen molar-refractivity contribution in [1.29, 1.82) is 0 Å². The molecule has 0 atom stereocenters. The van der Waals surface area contributed by atoms with Gasteiger partial charge in [0, 0.05) is 4.47 Å². The first kappa shape index (κ1) is 19.3. The first-order valence-electron chi connectivity index (χ1n) is 7.18. The highest BCUT2D eigenvalue weighted by atomic mass is 79.9. The number of methoxy groups -OCH3 is 1. The quantitative estimate of drug-likeness (QED) is 0.496. The number of carbonyl (C=O) groups excluding carboxylic acids is 1. The zero-order valence-corrected chi connectivity index (χ0v) is 16.7. The summed E-state index contributed by atoms with van der Waals surface area (Å²) < 4.78 is 12.2. The number of amides is 1. The van der Waals surface area contributed by atoms with Gasteiger partial charge in [0.25, 0.3) is 5.91 Å². The lowest BCUT2D eigenvalue weighted by atomic mass is 10.2. The van der Waals surface area contributed by atoms with Gasteiger partial charge in [-0.05, 0) is 64.3 Å². The molecule has 0 saturated heterocycles. The number of phenols is 1. The molecular weight excluding hydrogens is 456 g/mol. The van der Waals surface area contributed by atoms with Crippen LogP contribution in [0.25, 0.3) is 0 Å². The molecule has 25 heavy (non-hydrogen) atoms. The maximum atomic E-state index is 11.8. The summed E-state index contributed by atoms with van der Waals surface area (Å²) in [6, 6.07) is 8.47. The first-order valence-corrected chi connectivity index (χ1v) is 8.76. The zero-order valence-electron chi connectivity index (χ0n) is 13.5. The van der Waals surface area contributed by atoms with Gasteiger partial charge in [-0.25, -0.2) is 5.43 Å². The molecule has 0 fully saturated rings. The molecule has 8 heteroatoms. The molecule has 1 amide bonds. The van der Waals surface area contributed by atoms with Gasteiger partial charge in [0.05, 0.1) is 17.8 Å². The van der Waals surface area contributed by atoms with E-state index in [0.717, 1.165) is 14.5 Å². The van der Waals surface area contributed by atoms with E-state index in [0.29, 0.717) is 17.1 Å². The molecule has 0 heterocycles. The number of aryl methyl sites for hydroxylation is 1. The van der Waals surface area contributed by atoms with Gasteiger partial charge in [0.15, 0.2) is 18.1 Å². The molecule has 0 aliphatic rings. The molecule has 0 aromatic heterocycles. The number of rotatable bonds is 6. The Morgan fingerprint density at radius 3 is 2.76 bits per heavy atom. The third kappa shape index (κ3) is 5.47. The number of benzene rings is 2. The number of nitrogens with one attached hydrogen (secondary N) is 1. The van der Waals surface area contributed by atoms with Crippen LogP contribution in [0, 0.1) is 6.92 Å². The van der Waals surface area contributed by atoms with Crippen LogP contribution in [0.4, 0.5) is 0 Å². The molecule has 0 bridgehead atoms. The molecule has 2 N–H and O–H groups in total.